The smallest absolute Gasteiger partial charge is 0.188 e. The zero-order valence-corrected chi connectivity index (χ0v) is 12.5. The van der Waals surface area contributed by atoms with E-state index >= 15 is 0 Å². The first-order valence-electron chi connectivity index (χ1n) is 6.66. The summed E-state index contributed by atoms with van der Waals surface area (Å²) in [5, 5.41) is 13.8. The van der Waals surface area contributed by atoms with Crippen LogP contribution in [0, 0.1) is 25.2 Å². The van der Waals surface area contributed by atoms with Gasteiger partial charge in [-0.05, 0) is 52.6 Å². The molecule has 2 atom stereocenters. The average molecular weight is 276 g/mol. The second-order valence-electron chi connectivity index (χ2n) is 5.21. The Balaban J connectivity index is 2.09. The van der Waals surface area contributed by atoms with E-state index in [1.54, 1.807) is 11.8 Å². The van der Waals surface area contributed by atoms with Gasteiger partial charge in [0.25, 0.3) is 0 Å². The van der Waals surface area contributed by atoms with Crippen molar-refractivity contribution in [3.63, 3.8) is 0 Å². The molecule has 19 heavy (non-hydrogen) atoms. The van der Waals surface area contributed by atoms with E-state index in [-0.39, 0.29) is 5.54 Å². The molecule has 0 spiro atoms. The van der Waals surface area contributed by atoms with Crippen molar-refractivity contribution >= 4 is 11.8 Å². The van der Waals surface area contributed by atoms with E-state index in [2.05, 4.69) is 21.4 Å². The zero-order valence-electron chi connectivity index (χ0n) is 11.7. The Bertz CT molecular complexity index is 476. The average Bonchev–Trinajstić information content (AvgIpc) is 2.37. The van der Waals surface area contributed by atoms with Gasteiger partial charge in [-0.3, -0.25) is 0 Å². The van der Waals surface area contributed by atoms with Crippen molar-refractivity contribution in [2.24, 2.45) is 0 Å². The largest absolute Gasteiger partial charge is 0.302 e. The normalized spacial score (nSPS) is 26.9. The number of nitriles is 1. The molecule has 0 bridgehead atoms. The molecule has 1 aliphatic carbocycles. The molecular weight excluding hydrogens is 256 g/mol. The molecule has 1 aliphatic rings. The molecule has 1 saturated carbocycles. The van der Waals surface area contributed by atoms with Crippen molar-refractivity contribution < 1.29 is 0 Å². The highest BCUT2D eigenvalue weighted by Gasteiger charge is 2.35. The lowest BCUT2D eigenvalue weighted by Gasteiger charge is -2.34. The summed E-state index contributed by atoms with van der Waals surface area (Å²) in [6.45, 7) is 3.99. The van der Waals surface area contributed by atoms with Gasteiger partial charge < -0.3 is 5.32 Å². The van der Waals surface area contributed by atoms with Gasteiger partial charge in [-0.25, -0.2) is 9.97 Å². The summed E-state index contributed by atoms with van der Waals surface area (Å²) in [5.74, 6) is 0. The van der Waals surface area contributed by atoms with Gasteiger partial charge in [-0.1, -0.05) is 11.8 Å². The van der Waals surface area contributed by atoms with Crippen molar-refractivity contribution in [3.8, 4) is 6.07 Å². The molecule has 102 valence electrons. The summed E-state index contributed by atoms with van der Waals surface area (Å²) < 4.78 is 0. The molecule has 1 N–H and O–H groups in total. The number of aromatic nitrogens is 2. The molecule has 2 unspecified atom stereocenters. The fourth-order valence-electron chi connectivity index (χ4n) is 2.60. The molecule has 1 aromatic rings. The topological polar surface area (TPSA) is 61.6 Å². The lowest BCUT2D eigenvalue weighted by atomic mass is 9.83. The maximum atomic E-state index is 9.36. The summed E-state index contributed by atoms with van der Waals surface area (Å²) >= 11 is 1.71. The van der Waals surface area contributed by atoms with Crippen LogP contribution in [0.4, 0.5) is 0 Å². The SMILES string of the molecule is CNC1(C#N)CCCC(Sc2nc(C)cc(C)n2)C1. The lowest BCUT2D eigenvalue weighted by molar-refractivity contribution is 0.323. The van der Waals surface area contributed by atoms with Gasteiger partial charge in [-0.15, -0.1) is 0 Å². The molecule has 1 heterocycles. The van der Waals surface area contributed by atoms with Crippen LogP contribution in [0.25, 0.3) is 0 Å². The van der Waals surface area contributed by atoms with Crippen molar-refractivity contribution in [1.82, 2.24) is 15.3 Å². The lowest BCUT2D eigenvalue weighted by Crippen LogP contribution is -2.46. The first-order valence-corrected chi connectivity index (χ1v) is 7.54. The van der Waals surface area contributed by atoms with Crippen molar-refractivity contribution in [2.75, 3.05) is 7.05 Å². The minimum atomic E-state index is -0.366. The predicted octanol–water partition coefficient (Wildman–Crippen LogP) is 2.61. The molecule has 4 nitrogen and oxygen atoms in total. The minimum absolute atomic E-state index is 0.366. The van der Waals surface area contributed by atoms with E-state index in [0.717, 1.165) is 42.2 Å². The van der Waals surface area contributed by atoms with Crippen molar-refractivity contribution in [1.29, 1.82) is 5.26 Å². The van der Waals surface area contributed by atoms with Crippen LogP contribution in [0.3, 0.4) is 0 Å². The first kappa shape index (κ1) is 14.3. The number of nitrogens with one attached hydrogen (secondary N) is 1. The van der Waals surface area contributed by atoms with Gasteiger partial charge >= 0.3 is 0 Å². The number of hydrogen-bond donors (Lipinski definition) is 1. The molecule has 0 aliphatic heterocycles. The minimum Gasteiger partial charge on any atom is -0.302 e. The highest BCUT2D eigenvalue weighted by Crippen LogP contribution is 2.36. The van der Waals surface area contributed by atoms with Gasteiger partial charge in [-0.2, -0.15) is 5.26 Å². The number of aryl methyl sites for hydroxylation is 2. The predicted molar refractivity (Wildman–Crippen MR) is 77.0 cm³/mol. The molecule has 1 aromatic heterocycles. The van der Waals surface area contributed by atoms with E-state index in [9.17, 15) is 5.26 Å². The molecule has 1 fully saturated rings. The summed E-state index contributed by atoms with van der Waals surface area (Å²) in [6, 6.07) is 4.42. The number of hydrogen-bond acceptors (Lipinski definition) is 5. The molecule has 2 rings (SSSR count). The summed E-state index contributed by atoms with van der Waals surface area (Å²) in [6.07, 6.45) is 4.01. The van der Waals surface area contributed by atoms with E-state index in [1.165, 1.54) is 0 Å². The second kappa shape index (κ2) is 5.89. The Kier molecular flexibility index (Phi) is 4.43. The summed E-state index contributed by atoms with van der Waals surface area (Å²) in [4.78, 5) is 8.95. The van der Waals surface area contributed by atoms with Crippen molar-refractivity contribution in [3.05, 3.63) is 17.5 Å². The molecule has 0 radical (unpaired) electrons. The fraction of sp³-hybridized carbons (Fsp3) is 0.643. The summed E-state index contributed by atoms with van der Waals surface area (Å²) in [7, 11) is 1.88. The van der Waals surface area contributed by atoms with Crippen LogP contribution in [0.15, 0.2) is 11.2 Å². The third-order valence-corrected chi connectivity index (χ3v) is 4.76. The third-order valence-electron chi connectivity index (χ3n) is 3.63. The first-order chi connectivity index (χ1) is 9.07. The Morgan fingerprint density at radius 2 is 2.11 bits per heavy atom. The third kappa shape index (κ3) is 3.46. The Labute approximate surface area is 119 Å². The maximum Gasteiger partial charge on any atom is 0.188 e. The van der Waals surface area contributed by atoms with Crippen LogP contribution in [0.1, 0.15) is 37.1 Å². The Morgan fingerprint density at radius 1 is 1.42 bits per heavy atom. The maximum absolute atomic E-state index is 9.36. The fourth-order valence-corrected chi connectivity index (χ4v) is 3.95. The molecule has 5 heteroatoms. The molecule has 0 aromatic carbocycles. The number of rotatable bonds is 3. The van der Waals surface area contributed by atoms with Crippen LogP contribution in [0.5, 0.6) is 0 Å². The van der Waals surface area contributed by atoms with Gasteiger partial charge in [0.2, 0.25) is 0 Å². The van der Waals surface area contributed by atoms with Crippen LogP contribution >= 0.6 is 11.8 Å². The molecular formula is C14H20N4S. The highest BCUT2D eigenvalue weighted by molar-refractivity contribution is 7.99. The van der Waals surface area contributed by atoms with E-state index in [0.29, 0.717) is 5.25 Å². The van der Waals surface area contributed by atoms with Gasteiger partial charge in [0.05, 0.1) is 6.07 Å². The van der Waals surface area contributed by atoms with Crippen LogP contribution in [0.2, 0.25) is 0 Å². The Morgan fingerprint density at radius 3 is 2.68 bits per heavy atom. The second-order valence-corrected chi connectivity index (χ2v) is 6.48. The number of nitrogens with zero attached hydrogens (tertiary/aromatic N) is 3. The molecule has 0 amide bonds. The molecule has 0 saturated heterocycles. The number of thioether (sulfide) groups is 1. The van der Waals surface area contributed by atoms with Crippen LogP contribution in [-0.4, -0.2) is 27.8 Å². The van der Waals surface area contributed by atoms with Crippen molar-refractivity contribution in [2.45, 2.75) is 55.5 Å². The highest BCUT2D eigenvalue weighted by atomic mass is 32.2. The summed E-state index contributed by atoms with van der Waals surface area (Å²) in [5.41, 5.74) is 1.64. The van der Waals surface area contributed by atoms with Gasteiger partial charge in [0.1, 0.15) is 5.54 Å². The quantitative estimate of drug-likeness (QED) is 0.860. The monoisotopic (exact) mass is 276 g/mol. The van der Waals surface area contributed by atoms with E-state index < -0.39 is 0 Å². The van der Waals surface area contributed by atoms with Crippen LogP contribution in [-0.2, 0) is 0 Å². The van der Waals surface area contributed by atoms with Gasteiger partial charge in [0, 0.05) is 16.6 Å². The van der Waals surface area contributed by atoms with E-state index in [4.69, 9.17) is 0 Å². The van der Waals surface area contributed by atoms with E-state index in [1.807, 2.05) is 27.0 Å². The Hall–Kier alpha value is -1.12. The van der Waals surface area contributed by atoms with Gasteiger partial charge in [0.15, 0.2) is 5.16 Å². The van der Waals surface area contributed by atoms with Crippen LogP contribution < -0.4 is 5.32 Å². The standard InChI is InChI=1S/C14H20N4S/c1-10-7-11(2)18-13(17-10)19-12-5-4-6-14(8-12,9-15)16-3/h7,12,16H,4-6,8H2,1-3H3. The zero-order chi connectivity index (χ0) is 13.9.